The summed E-state index contributed by atoms with van der Waals surface area (Å²) in [5.41, 5.74) is 6.88. The van der Waals surface area contributed by atoms with Crippen LogP contribution in [0.5, 0.6) is 5.75 Å². The zero-order valence-corrected chi connectivity index (χ0v) is 8.18. The van der Waals surface area contributed by atoms with Gasteiger partial charge in [0.1, 0.15) is 5.75 Å². The fourth-order valence-electron chi connectivity index (χ4n) is 0.984. The van der Waals surface area contributed by atoms with Crippen molar-refractivity contribution >= 4 is 5.69 Å². The first-order valence-corrected chi connectivity index (χ1v) is 4.26. The number of aryl methyl sites for hydroxylation is 1. The molecule has 14 heavy (non-hydrogen) atoms. The van der Waals surface area contributed by atoms with Crippen LogP contribution in [-0.2, 0) is 0 Å². The van der Waals surface area contributed by atoms with Crippen LogP contribution in [0.1, 0.15) is 12.5 Å². The van der Waals surface area contributed by atoms with Crippen LogP contribution in [0, 0.1) is 6.92 Å². The fraction of sp³-hybridized carbons (Fsp3) is 0.400. The highest BCUT2D eigenvalue weighted by atomic mass is 19.3. The van der Waals surface area contributed by atoms with Gasteiger partial charge in [0, 0.05) is 6.92 Å². The van der Waals surface area contributed by atoms with Gasteiger partial charge in [0.05, 0.1) is 5.69 Å². The molecule has 0 amide bonds. The van der Waals surface area contributed by atoms with Crippen molar-refractivity contribution in [3.05, 3.63) is 23.8 Å². The molecule has 1 aromatic rings. The first kappa shape index (κ1) is 10.8. The Morgan fingerprint density at radius 1 is 1.43 bits per heavy atom. The number of rotatable bonds is 3. The summed E-state index contributed by atoms with van der Waals surface area (Å²) in [4.78, 5) is 0. The van der Waals surface area contributed by atoms with E-state index in [4.69, 9.17) is 10.5 Å². The standard InChI is InChI=1S/C10H13F2NO/c1-7-4-3-5-8(9(7)13)14-6-10(2,11)12/h3-5H,6,13H2,1-2H3. The highest BCUT2D eigenvalue weighted by Crippen LogP contribution is 2.25. The largest absolute Gasteiger partial charge is 0.485 e. The lowest BCUT2D eigenvalue weighted by molar-refractivity contribution is -0.0227. The van der Waals surface area contributed by atoms with Crippen LogP contribution in [0.2, 0.25) is 0 Å². The molecule has 0 unspecified atom stereocenters. The Kier molecular flexibility index (Phi) is 2.93. The van der Waals surface area contributed by atoms with E-state index in [0.29, 0.717) is 11.4 Å². The molecular weight excluding hydrogens is 188 g/mol. The molecule has 0 aliphatic carbocycles. The van der Waals surface area contributed by atoms with Gasteiger partial charge in [-0.05, 0) is 18.6 Å². The maximum Gasteiger partial charge on any atom is 0.278 e. The molecule has 0 atom stereocenters. The van der Waals surface area contributed by atoms with Gasteiger partial charge in [-0.15, -0.1) is 0 Å². The summed E-state index contributed by atoms with van der Waals surface area (Å²) >= 11 is 0. The van der Waals surface area contributed by atoms with Crippen molar-refractivity contribution in [2.24, 2.45) is 0 Å². The van der Waals surface area contributed by atoms with Crippen LogP contribution < -0.4 is 10.5 Å². The number of hydrogen-bond acceptors (Lipinski definition) is 2. The number of halogens is 2. The van der Waals surface area contributed by atoms with Crippen LogP contribution in [-0.4, -0.2) is 12.5 Å². The summed E-state index contributed by atoms with van der Waals surface area (Å²) in [6, 6.07) is 5.09. The van der Waals surface area contributed by atoms with Crippen molar-refractivity contribution in [1.29, 1.82) is 0 Å². The lowest BCUT2D eigenvalue weighted by Gasteiger charge is -2.14. The Morgan fingerprint density at radius 2 is 2.07 bits per heavy atom. The van der Waals surface area contributed by atoms with Crippen LogP contribution in [0.4, 0.5) is 14.5 Å². The minimum absolute atomic E-state index is 0.312. The van der Waals surface area contributed by atoms with Gasteiger partial charge in [-0.2, -0.15) is 0 Å². The molecule has 0 bridgehead atoms. The normalized spacial score (nSPS) is 11.4. The van der Waals surface area contributed by atoms with E-state index in [2.05, 4.69) is 0 Å². The summed E-state index contributed by atoms with van der Waals surface area (Å²) < 4.78 is 29.9. The Morgan fingerprint density at radius 3 is 2.64 bits per heavy atom. The van der Waals surface area contributed by atoms with E-state index in [1.165, 1.54) is 0 Å². The molecule has 78 valence electrons. The van der Waals surface area contributed by atoms with E-state index in [-0.39, 0.29) is 0 Å². The Hall–Kier alpha value is -1.32. The average Bonchev–Trinajstić information content (AvgIpc) is 2.06. The van der Waals surface area contributed by atoms with E-state index in [9.17, 15) is 8.78 Å². The second kappa shape index (κ2) is 3.82. The summed E-state index contributed by atoms with van der Waals surface area (Å²) in [5, 5.41) is 0. The van der Waals surface area contributed by atoms with Crippen molar-refractivity contribution in [2.75, 3.05) is 12.3 Å². The van der Waals surface area contributed by atoms with Gasteiger partial charge < -0.3 is 10.5 Å². The molecular formula is C10H13F2NO. The summed E-state index contributed by atoms with van der Waals surface area (Å²) in [6.45, 7) is 1.95. The smallest absolute Gasteiger partial charge is 0.278 e. The molecule has 0 aliphatic heterocycles. The van der Waals surface area contributed by atoms with Gasteiger partial charge >= 0.3 is 0 Å². The number of hydrogen-bond donors (Lipinski definition) is 1. The van der Waals surface area contributed by atoms with E-state index < -0.39 is 12.5 Å². The molecule has 0 saturated carbocycles. The molecule has 0 heterocycles. The zero-order valence-electron chi connectivity index (χ0n) is 8.18. The van der Waals surface area contributed by atoms with Crippen molar-refractivity contribution in [2.45, 2.75) is 19.8 Å². The van der Waals surface area contributed by atoms with Crippen molar-refractivity contribution < 1.29 is 13.5 Å². The number of anilines is 1. The van der Waals surface area contributed by atoms with Crippen LogP contribution in [0.15, 0.2) is 18.2 Å². The zero-order chi connectivity index (χ0) is 10.8. The number of benzene rings is 1. The topological polar surface area (TPSA) is 35.2 Å². The molecule has 4 heteroatoms. The van der Waals surface area contributed by atoms with Crippen LogP contribution in [0.3, 0.4) is 0 Å². The van der Waals surface area contributed by atoms with E-state index >= 15 is 0 Å². The Labute approximate surface area is 81.7 Å². The third kappa shape index (κ3) is 2.87. The third-order valence-corrected chi connectivity index (χ3v) is 1.77. The Bertz CT molecular complexity index is 320. The molecule has 1 rings (SSSR count). The van der Waals surface area contributed by atoms with Crippen molar-refractivity contribution in [1.82, 2.24) is 0 Å². The van der Waals surface area contributed by atoms with Gasteiger partial charge in [0.15, 0.2) is 6.61 Å². The fourth-order valence-corrected chi connectivity index (χ4v) is 0.984. The second-order valence-electron chi connectivity index (χ2n) is 3.35. The van der Waals surface area contributed by atoms with Gasteiger partial charge in [0.25, 0.3) is 5.92 Å². The molecule has 0 fully saturated rings. The molecule has 0 aromatic heterocycles. The second-order valence-corrected chi connectivity index (χ2v) is 3.35. The lowest BCUT2D eigenvalue weighted by Crippen LogP contribution is -2.21. The lowest BCUT2D eigenvalue weighted by atomic mass is 10.2. The third-order valence-electron chi connectivity index (χ3n) is 1.77. The highest BCUT2D eigenvalue weighted by molar-refractivity contribution is 5.57. The van der Waals surface area contributed by atoms with Gasteiger partial charge in [-0.25, -0.2) is 8.78 Å². The molecule has 2 N–H and O–H groups in total. The number of ether oxygens (including phenoxy) is 1. The number of nitrogens with two attached hydrogens (primary N) is 1. The highest BCUT2D eigenvalue weighted by Gasteiger charge is 2.22. The molecule has 0 aliphatic rings. The van der Waals surface area contributed by atoms with E-state index in [1.807, 2.05) is 0 Å². The van der Waals surface area contributed by atoms with E-state index in [0.717, 1.165) is 12.5 Å². The minimum atomic E-state index is -2.84. The minimum Gasteiger partial charge on any atom is -0.485 e. The van der Waals surface area contributed by atoms with Crippen LogP contribution in [0.25, 0.3) is 0 Å². The quantitative estimate of drug-likeness (QED) is 0.763. The number of para-hydroxylation sites is 1. The number of nitrogen functional groups attached to an aromatic ring is 1. The van der Waals surface area contributed by atoms with Crippen molar-refractivity contribution in [3.8, 4) is 5.75 Å². The SMILES string of the molecule is Cc1cccc(OCC(C)(F)F)c1N. The summed E-state index contributed by atoms with van der Waals surface area (Å²) in [7, 11) is 0. The first-order chi connectivity index (χ1) is 6.40. The van der Waals surface area contributed by atoms with Crippen molar-refractivity contribution in [3.63, 3.8) is 0 Å². The van der Waals surface area contributed by atoms with Gasteiger partial charge in [0.2, 0.25) is 0 Å². The predicted molar refractivity (Wildman–Crippen MR) is 51.7 cm³/mol. The maximum atomic E-state index is 12.5. The summed E-state index contributed by atoms with van der Waals surface area (Å²) in [5.74, 6) is -2.53. The number of alkyl halides is 2. The molecule has 0 radical (unpaired) electrons. The van der Waals surface area contributed by atoms with E-state index in [1.54, 1.807) is 25.1 Å². The molecule has 1 aromatic carbocycles. The average molecular weight is 201 g/mol. The van der Waals surface area contributed by atoms with Gasteiger partial charge in [-0.3, -0.25) is 0 Å². The first-order valence-electron chi connectivity index (χ1n) is 4.26. The Balaban J connectivity index is 2.73. The predicted octanol–water partition coefficient (Wildman–Crippen LogP) is 2.61. The van der Waals surface area contributed by atoms with Crippen LogP contribution >= 0.6 is 0 Å². The maximum absolute atomic E-state index is 12.5. The molecule has 0 spiro atoms. The van der Waals surface area contributed by atoms with Gasteiger partial charge in [-0.1, -0.05) is 12.1 Å². The monoisotopic (exact) mass is 201 g/mol. The molecule has 0 saturated heterocycles. The molecule has 2 nitrogen and oxygen atoms in total. The summed E-state index contributed by atoms with van der Waals surface area (Å²) in [6.07, 6.45) is 0.